The number of nitro benzene ring substituents is 1. The summed E-state index contributed by atoms with van der Waals surface area (Å²) in [6, 6.07) is 14.5. The molecule has 1 heterocycles. The molecule has 0 atom stereocenters. The van der Waals surface area contributed by atoms with Crippen molar-refractivity contribution in [3.05, 3.63) is 107 Å². The first kappa shape index (κ1) is 24.8. The molecule has 0 aliphatic rings. The number of benzene rings is 3. The van der Waals surface area contributed by atoms with Gasteiger partial charge in [0.1, 0.15) is 12.4 Å². The Morgan fingerprint density at radius 3 is 2.46 bits per heavy atom. The number of aromatic nitrogens is 2. The van der Waals surface area contributed by atoms with Gasteiger partial charge in [-0.25, -0.2) is 4.98 Å². The van der Waals surface area contributed by atoms with Crippen LogP contribution in [-0.2, 0) is 13.0 Å². The lowest BCUT2D eigenvalue weighted by atomic mass is 10.2. The maximum absolute atomic E-state index is 13.0. The van der Waals surface area contributed by atoms with Gasteiger partial charge in [-0.2, -0.15) is 9.78 Å². The summed E-state index contributed by atoms with van der Waals surface area (Å²) in [5, 5.41) is 16.1. The van der Waals surface area contributed by atoms with Crippen molar-refractivity contribution in [2.75, 3.05) is 0 Å². The second-order valence-electron chi connectivity index (χ2n) is 7.43. The lowest BCUT2D eigenvalue weighted by molar-refractivity contribution is -0.384. The van der Waals surface area contributed by atoms with Crippen molar-refractivity contribution in [3.8, 4) is 5.75 Å². The lowest BCUT2D eigenvalue weighted by Crippen LogP contribution is -2.22. The zero-order valence-electron chi connectivity index (χ0n) is 18.2. The van der Waals surface area contributed by atoms with Gasteiger partial charge in [-0.1, -0.05) is 46.1 Å². The van der Waals surface area contributed by atoms with Crippen molar-refractivity contribution in [3.63, 3.8) is 0 Å². The molecular formula is C24H17BrCl2N4O4. The molecule has 0 fully saturated rings. The maximum atomic E-state index is 13.0. The van der Waals surface area contributed by atoms with Gasteiger partial charge >= 0.3 is 0 Å². The number of rotatable bonds is 7. The van der Waals surface area contributed by atoms with Crippen LogP contribution >= 0.6 is 39.1 Å². The largest absolute Gasteiger partial charge is 0.486 e. The van der Waals surface area contributed by atoms with Crippen LogP contribution in [0.2, 0.25) is 10.0 Å². The number of aryl methyl sites for hydroxylation is 1. The third-order valence-electron chi connectivity index (χ3n) is 5.06. The van der Waals surface area contributed by atoms with Crippen molar-refractivity contribution >= 4 is 61.9 Å². The monoisotopic (exact) mass is 574 g/mol. The molecular weight excluding hydrogens is 559 g/mol. The van der Waals surface area contributed by atoms with Gasteiger partial charge < -0.3 is 4.74 Å². The van der Waals surface area contributed by atoms with Gasteiger partial charge in [-0.15, -0.1) is 0 Å². The van der Waals surface area contributed by atoms with Crippen LogP contribution in [0.5, 0.6) is 5.75 Å². The van der Waals surface area contributed by atoms with Crippen LogP contribution in [0.25, 0.3) is 10.9 Å². The molecule has 3 aromatic carbocycles. The van der Waals surface area contributed by atoms with Crippen molar-refractivity contribution in [2.24, 2.45) is 5.10 Å². The molecule has 0 radical (unpaired) electrons. The van der Waals surface area contributed by atoms with Crippen molar-refractivity contribution < 1.29 is 9.66 Å². The van der Waals surface area contributed by atoms with Crippen molar-refractivity contribution in [1.82, 2.24) is 9.66 Å². The Bertz CT molecular complexity index is 1500. The summed E-state index contributed by atoms with van der Waals surface area (Å²) in [6.07, 6.45) is 1.99. The maximum Gasteiger partial charge on any atom is 0.282 e. The first-order chi connectivity index (χ1) is 16.8. The van der Waals surface area contributed by atoms with E-state index in [1.807, 2.05) is 13.0 Å². The highest BCUT2D eigenvalue weighted by Gasteiger charge is 2.12. The lowest BCUT2D eigenvalue weighted by Gasteiger charge is -2.11. The average molecular weight is 576 g/mol. The van der Waals surface area contributed by atoms with E-state index in [4.69, 9.17) is 27.9 Å². The van der Waals surface area contributed by atoms with Crippen LogP contribution < -0.4 is 10.3 Å². The minimum absolute atomic E-state index is 0.00644. The molecule has 4 rings (SSSR count). The topological polar surface area (TPSA) is 99.6 Å². The molecule has 0 aliphatic heterocycles. The minimum atomic E-state index is -0.469. The number of fused-ring (bicyclic) bond motifs is 1. The number of nitrogens with zero attached hydrogens (tertiary/aromatic N) is 4. The quantitative estimate of drug-likeness (QED) is 0.144. The molecule has 11 heteroatoms. The number of non-ortho nitro benzene ring substituents is 1. The van der Waals surface area contributed by atoms with E-state index in [1.54, 1.807) is 36.4 Å². The van der Waals surface area contributed by atoms with Gasteiger partial charge in [0.25, 0.3) is 11.2 Å². The molecule has 0 unspecified atom stereocenters. The van der Waals surface area contributed by atoms with E-state index < -0.39 is 4.92 Å². The molecule has 0 saturated heterocycles. The van der Waals surface area contributed by atoms with Gasteiger partial charge in [-0.3, -0.25) is 14.9 Å². The van der Waals surface area contributed by atoms with Crippen LogP contribution in [0.3, 0.4) is 0 Å². The number of ether oxygens (including phenoxy) is 1. The van der Waals surface area contributed by atoms with E-state index >= 15 is 0 Å². The molecule has 178 valence electrons. The Kier molecular flexibility index (Phi) is 7.49. The summed E-state index contributed by atoms with van der Waals surface area (Å²) in [6.45, 7) is 2.02. The van der Waals surface area contributed by atoms with Crippen molar-refractivity contribution in [2.45, 2.75) is 20.0 Å². The minimum Gasteiger partial charge on any atom is -0.486 e. The van der Waals surface area contributed by atoms with E-state index in [2.05, 4.69) is 26.0 Å². The molecule has 0 aliphatic carbocycles. The van der Waals surface area contributed by atoms with Gasteiger partial charge in [0, 0.05) is 23.0 Å². The summed E-state index contributed by atoms with van der Waals surface area (Å²) in [4.78, 5) is 27.9. The molecule has 8 nitrogen and oxygen atoms in total. The third kappa shape index (κ3) is 5.53. The number of hydrogen-bond acceptors (Lipinski definition) is 6. The van der Waals surface area contributed by atoms with Gasteiger partial charge in [-0.05, 0) is 53.6 Å². The van der Waals surface area contributed by atoms with Crippen LogP contribution in [0.1, 0.15) is 23.9 Å². The number of hydrogen-bond donors (Lipinski definition) is 0. The zero-order valence-corrected chi connectivity index (χ0v) is 21.3. The molecule has 0 amide bonds. The Morgan fingerprint density at radius 1 is 1.14 bits per heavy atom. The number of halogens is 3. The number of nitro groups is 1. The summed E-state index contributed by atoms with van der Waals surface area (Å²) in [5.41, 5.74) is 1.58. The average Bonchev–Trinajstić information content (AvgIpc) is 2.83. The van der Waals surface area contributed by atoms with E-state index in [0.717, 1.165) is 10.0 Å². The smallest absolute Gasteiger partial charge is 0.282 e. The summed E-state index contributed by atoms with van der Waals surface area (Å²) in [5.74, 6) is 0.786. The molecule has 1 aromatic heterocycles. The van der Waals surface area contributed by atoms with Crippen LogP contribution in [0.4, 0.5) is 5.69 Å². The van der Waals surface area contributed by atoms with Crippen LogP contribution in [-0.4, -0.2) is 20.8 Å². The summed E-state index contributed by atoms with van der Waals surface area (Å²) < 4.78 is 7.77. The highest BCUT2D eigenvalue weighted by molar-refractivity contribution is 9.10. The Hall–Kier alpha value is -3.27. The van der Waals surface area contributed by atoms with E-state index in [-0.39, 0.29) is 33.6 Å². The van der Waals surface area contributed by atoms with Crippen LogP contribution in [0, 0.1) is 10.1 Å². The van der Waals surface area contributed by atoms with Gasteiger partial charge in [0.15, 0.2) is 5.75 Å². The predicted molar refractivity (Wildman–Crippen MR) is 140 cm³/mol. The fraction of sp³-hybridized carbons (Fsp3) is 0.125. The molecule has 35 heavy (non-hydrogen) atoms. The van der Waals surface area contributed by atoms with Crippen molar-refractivity contribution in [1.29, 1.82) is 0 Å². The summed E-state index contributed by atoms with van der Waals surface area (Å²) >= 11 is 16.2. The Labute approximate surface area is 218 Å². The molecule has 0 saturated carbocycles. The predicted octanol–water partition coefficient (Wildman–Crippen LogP) is 6.40. The SMILES string of the molecule is CCc1nc2ccc(Br)cc2c(=O)n1N=Cc1cc(Cl)c(OCc2ccc([N+](=O)[O-])cc2)c(Cl)c1. The Morgan fingerprint density at radius 2 is 1.83 bits per heavy atom. The molecule has 0 bridgehead atoms. The van der Waals surface area contributed by atoms with Crippen LogP contribution in [0.15, 0.2) is 69.0 Å². The van der Waals surface area contributed by atoms with Gasteiger partial charge in [0.05, 0.1) is 32.1 Å². The molecule has 0 N–H and O–H groups in total. The normalized spacial score (nSPS) is 11.3. The second-order valence-corrected chi connectivity index (χ2v) is 9.16. The standard InChI is InChI=1S/C24H17BrCl2N4O4/c1-2-22-29-21-8-5-16(25)11-18(21)24(32)30(22)28-12-15-9-19(26)23(20(27)10-15)35-13-14-3-6-17(7-4-14)31(33)34/h3-12H,2,13H2,1H3. The van der Waals surface area contributed by atoms with E-state index in [1.165, 1.54) is 23.0 Å². The fourth-order valence-corrected chi connectivity index (χ4v) is 4.30. The van der Waals surface area contributed by atoms with E-state index in [0.29, 0.717) is 28.7 Å². The van der Waals surface area contributed by atoms with E-state index in [9.17, 15) is 14.9 Å². The second kappa shape index (κ2) is 10.6. The first-order valence-corrected chi connectivity index (χ1v) is 11.9. The fourth-order valence-electron chi connectivity index (χ4n) is 3.33. The van der Waals surface area contributed by atoms with Gasteiger partial charge in [0.2, 0.25) is 0 Å². The molecule has 0 spiro atoms. The summed E-state index contributed by atoms with van der Waals surface area (Å²) in [7, 11) is 0. The Balaban J connectivity index is 1.58. The first-order valence-electron chi connectivity index (χ1n) is 10.4. The highest BCUT2D eigenvalue weighted by atomic mass is 79.9. The third-order valence-corrected chi connectivity index (χ3v) is 6.12. The zero-order chi connectivity index (χ0) is 25.1. The molecule has 4 aromatic rings. The highest BCUT2D eigenvalue weighted by Crippen LogP contribution is 2.34.